The number of hydrogen-bond acceptors (Lipinski definition) is 3. The zero-order chi connectivity index (χ0) is 16.7. The molecule has 1 aromatic rings. The molecule has 5 nitrogen and oxygen atoms in total. The Morgan fingerprint density at radius 2 is 1.67 bits per heavy atom. The molecular weight excluding hydrogens is 330 g/mol. The standard InChI is InChI=1S/C18H14ClNO4/c19-13-4-1-7(5-12(13)18(23)24)20-16(21)14-8-2-3-9(11-6-10(8)11)15(14)17(20)22/h1-5,8-11,14-15H,6H2,(H,23,24)/t8-,9-,10+,11+,14-,15+/m1/s1. The molecule has 0 aromatic heterocycles. The van der Waals surface area contributed by atoms with Crippen molar-refractivity contribution in [3.05, 3.63) is 40.9 Å². The van der Waals surface area contributed by atoms with Crippen molar-refractivity contribution in [2.24, 2.45) is 35.5 Å². The molecule has 6 atom stereocenters. The highest BCUT2D eigenvalue weighted by atomic mass is 35.5. The zero-order valence-electron chi connectivity index (χ0n) is 12.6. The van der Waals surface area contributed by atoms with E-state index in [2.05, 4.69) is 12.2 Å². The van der Waals surface area contributed by atoms with Crippen LogP contribution in [0.25, 0.3) is 0 Å². The summed E-state index contributed by atoms with van der Waals surface area (Å²) in [4.78, 5) is 38.4. The quantitative estimate of drug-likeness (QED) is 0.661. The van der Waals surface area contributed by atoms with Crippen LogP contribution in [0.2, 0.25) is 5.02 Å². The van der Waals surface area contributed by atoms with E-state index in [-0.39, 0.29) is 46.1 Å². The number of amides is 2. The maximum absolute atomic E-state index is 13.0. The normalized spacial score (nSPS) is 38.3. The van der Waals surface area contributed by atoms with Crippen LogP contribution in [0.1, 0.15) is 16.8 Å². The third-order valence-electron chi connectivity index (χ3n) is 6.10. The molecule has 1 N–H and O–H groups in total. The number of rotatable bonds is 2. The summed E-state index contributed by atoms with van der Waals surface area (Å²) >= 11 is 5.89. The average molecular weight is 344 g/mol. The zero-order valence-corrected chi connectivity index (χ0v) is 13.3. The van der Waals surface area contributed by atoms with Crippen molar-refractivity contribution in [3.63, 3.8) is 0 Å². The molecule has 0 radical (unpaired) electrons. The van der Waals surface area contributed by atoms with Crippen LogP contribution in [-0.2, 0) is 9.59 Å². The van der Waals surface area contributed by atoms with E-state index >= 15 is 0 Å². The summed E-state index contributed by atoms with van der Waals surface area (Å²) < 4.78 is 0. The summed E-state index contributed by atoms with van der Waals surface area (Å²) in [6.07, 6.45) is 5.33. The number of anilines is 1. The second-order valence-electron chi connectivity index (χ2n) is 7.14. The van der Waals surface area contributed by atoms with E-state index in [4.69, 9.17) is 11.6 Å². The number of carbonyl (C=O) groups is 3. The monoisotopic (exact) mass is 343 g/mol. The number of aromatic carboxylic acids is 1. The molecule has 3 fully saturated rings. The predicted octanol–water partition coefficient (Wildman–Crippen LogP) is 2.60. The van der Waals surface area contributed by atoms with Crippen molar-refractivity contribution < 1.29 is 19.5 Å². The largest absolute Gasteiger partial charge is 0.478 e. The fourth-order valence-electron chi connectivity index (χ4n) is 5.03. The molecule has 5 aliphatic rings. The van der Waals surface area contributed by atoms with Gasteiger partial charge in [0.15, 0.2) is 0 Å². The summed E-state index contributed by atoms with van der Waals surface area (Å²) in [5.74, 6) is -0.783. The molecule has 2 saturated carbocycles. The summed E-state index contributed by atoms with van der Waals surface area (Å²) in [6.45, 7) is 0. The van der Waals surface area contributed by atoms with E-state index < -0.39 is 5.97 Å². The van der Waals surface area contributed by atoms with Crippen molar-refractivity contribution >= 4 is 35.1 Å². The van der Waals surface area contributed by atoms with Crippen LogP contribution in [0.15, 0.2) is 30.4 Å². The summed E-state index contributed by atoms with van der Waals surface area (Å²) in [5, 5.41) is 9.31. The number of imide groups is 1. The Bertz CT molecular complexity index is 811. The lowest BCUT2D eigenvalue weighted by atomic mass is 9.63. The van der Waals surface area contributed by atoms with Gasteiger partial charge in [0.05, 0.1) is 28.1 Å². The summed E-state index contributed by atoms with van der Waals surface area (Å²) in [7, 11) is 0. The highest BCUT2D eigenvalue weighted by Gasteiger charge is 2.67. The molecule has 122 valence electrons. The lowest BCUT2D eigenvalue weighted by molar-refractivity contribution is -0.124. The molecule has 2 amide bonds. The molecule has 0 unspecified atom stereocenters. The maximum atomic E-state index is 13.0. The number of halogens is 1. The van der Waals surface area contributed by atoms with Crippen molar-refractivity contribution in [1.82, 2.24) is 0 Å². The lowest BCUT2D eigenvalue weighted by Gasteiger charge is -2.37. The Labute approximate surface area is 142 Å². The van der Waals surface area contributed by atoms with Crippen LogP contribution in [-0.4, -0.2) is 22.9 Å². The first kappa shape index (κ1) is 14.2. The second kappa shape index (κ2) is 4.48. The molecule has 24 heavy (non-hydrogen) atoms. The third kappa shape index (κ3) is 1.63. The van der Waals surface area contributed by atoms with Crippen LogP contribution >= 0.6 is 11.6 Å². The number of carbonyl (C=O) groups excluding carboxylic acids is 2. The van der Waals surface area contributed by atoms with Gasteiger partial charge in [-0.25, -0.2) is 9.69 Å². The minimum absolute atomic E-state index is 0.0886. The molecule has 1 aromatic carbocycles. The van der Waals surface area contributed by atoms with E-state index in [0.29, 0.717) is 17.5 Å². The Morgan fingerprint density at radius 1 is 1.08 bits per heavy atom. The van der Waals surface area contributed by atoms with Gasteiger partial charge in [0.2, 0.25) is 11.8 Å². The Kier molecular flexibility index (Phi) is 2.65. The van der Waals surface area contributed by atoms with Gasteiger partial charge in [0, 0.05) is 0 Å². The number of benzene rings is 1. The maximum Gasteiger partial charge on any atom is 0.337 e. The molecule has 2 bridgehead atoms. The molecule has 4 aliphatic carbocycles. The van der Waals surface area contributed by atoms with E-state index in [1.165, 1.54) is 23.1 Å². The second-order valence-corrected chi connectivity index (χ2v) is 7.54. The molecule has 0 spiro atoms. The van der Waals surface area contributed by atoms with Crippen LogP contribution in [0.3, 0.4) is 0 Å². The summed E-state index contributed by atoms with van der Waals surface area (Å²) in [6, 6.07) is 4.28. The topological polar surface area (TPSA) is 74.7 Å². The minimum atomic E-state index is -1.18. The van der Waals surface area contributed by atoms with Gasteiger partial charge < -0.3 is 5.11 Å². The smallest absolute Gasteiger partial charge is 0.337 e. The van der Waals surface area contributed by atoms with Crippen molar-refractivity contribution in [2.45, 2.75) is 6.42 Å². The number of allylic oxidation sites excluding steroid dienone is 2. The number of carboxylic acids is 1. The number of nitrogens with zero attached hydrogens (tertiary/aromatic N) is 1. The van der Waals surface area contributed by atoms with Gasteiger partial charge in [-0.05, 0) is 48.3 Å². The Morgan fingerprint density at radius 3 is 2.21 bits per heavy atom. The van der Waals surface area contributed by atoms with Crippen LogP contribution in [0, 0.1) is 35.5 Å². The molecule has 6 heteroatoms. The molecule has 1 heterocycles. The molecule has 6 rings (SSSR count). The highest BCUT2D eigenvalue weighted by molar-refractivity contribution is 6.34. The summed E-state index contributed by atoms with van der Waals surface area (Å²) in [5.41, 5.74) is 0.197. The molecule has 1 aliphatic heterocycles. The van der Waals surface area contributed by atoms with E-state index in [9.17, 15) is 19.5 Å². The Balaban J connectivity index is 1.57. The van der Waals surface area contributed by atoms with Crippen molar-refractivity contribution in [1.29, 1.82) is 0 Å². The van der Waals surface area contributed by atoms with Crippen LogP contribution in [0.5, 0.6) is 0 Å². The fraction of sp³-hybridized carbons (Fsp3) is 0.389. The van der Waals surface area contributed by atoms with E-state index in [1.54, 1.807) is 0 Å². The van der Waals surface area contributed by atoms with Crippen molar-refractivity contribution in [3.8, 4) is 0 Å². The average Bonchev–Trinajstić information content (AvgIpc) is 3.33. The molecular formula is C18H14ClNO4. The third-order valence-corrected chi connectivity index (χ3v) is 6.43. The number of hydrogen-bond donors (Lipinski definition) is 1. The van der Waals surface area contributed by atoms with Gasteiger partial charge in [0.1, 0.15) is 0 Å². The fourth-order valence-corrected chi connectivity index (χ4v) is 5.23. The highest BCUT2D eigenvalue weighted by Crippen LogP contribution is 2.65. The van der Waals surface area contributed by atoms with Crippen LogP contribution < -0.4 is 4.90 Å². The molecule has 1 saturated heterocycles. The minimum Gasteiger partial charge on any atom is -0.478 e. The first-order chi connectivity index (χ1) is 11.5. The van der Waals surface area contributed by atoms with Gasteiger partial charge >= 0.3 is 5.97 Å². The number of carboxylic acid groups (broad SMARTS) is 1. The van der Waals surface area contributed by atoms with Gasteiger partial charge in [-0.1, -0.05) is 23.8 Å². The first-order valence-corrected chi connectivity index (χ1v) is 8.46. The van der Waals surface area contributed by atoms with Crippen LogP contribution in [0.4, 0.5) is 5.69 Å². The van der Waals surface area contributed by atoms with Gasteiger partial charge in [-0.2, -0.15) is 0 Å². The SMILES string of the molecule is O=C(O)c1cc(N2C(=O)[C@@H]3[C@@H]4C=C[C@H]([C@@H]5C[C@@H]45)[C@@H]3C2=O)ccc1Cl. The van der Waals surface area contributed by atoms with Gasteiger partial charge in [0.25, 0.3) is 0 Å². The Hall–Kier alpha value is -2.14. The van der Waals surface area contributed by atoms with Gasteiger partial charge in [-0.3, -0.25) is 9.59 Å². The van der Waals surface area contributed by atoms with E-state index in [0.717, 1.165) is 6.42 Å². The van der Waals surface area contributed by atoms with Crippen molar-refractivity contribution in [2.75, 3.05) is 4.90 Å². The first-order valence-electron chi connectivity index (χ1n) is 8.08. The predicted molar refractivity (Wildman–Crippen MR) is 85.6 cm³/mol. The van der Waals surface area contributed by atoms with Gasteiger partial charge in [-0.15, -0.1) is 0 Å². The van der Waals surface area contributed by atoms with E-state index in [1.807, 2.05) is 0 Å². The lowest BCUT2D eigenvalue weighted by Crippen LogP contribution is -2.40.